The summed E-state index contributed by atoms with van der Waals surface area (Å²) in [6.45, 7) is 7.12. The molecule has 2 heterocycles. The average Bonchev–Trinajstić information content (AvgIpc) is 2.62. The molecule has 1 fully saturated rings. The van der Waals surface area contributed by atoms with Crippen molar-refractivity contribution >= 4 is 17.4 Å². The molecular weight excluding hydrogens is 302 g/mol. The summed E-state index contributed by atoms with van der Waals surface area (Å²) >= 11 is 0. The second kappa shape index (κ2) is 7.29. The van der Waals surface area contributed by atoms with Crippen LogP contribution >= 0.6 is 0 Å². The Bertz CT molecular complexity index is 664. The van der Waals surface area contributed by atoms with Crippen LogP contribution in [-0.4, -0.2) is 53.0 Å². The molecule has 126 valence electrons. The number of para-hydroxylation sites is 1. The number of amides is 1. The molecule has 3 rings (SSSR count). The largest absolute Gasteiger partial charge is 0.368 e. The Labute approximate surface area is 142 Å². The minimum atomic E-state index is -0.0497. The first kappa shape index (κ1) is 16.2. The molecule has 0 radical (unpaired) electrons. The number of hydrogen-bond acceptors (Lipinski definition) is 5. The van der Waals surface area contributed by atoms with Crippen molar-refractivity contribution in [1.29, 1.82) is 0 Å². The number of benzene rings is 1. The fourth-order valence-electron chi connectivity index (χ4n) is 2.78. The molecule has 24 heavy (non-hydrogen) atoms. The van der Waals surface area contributed by atoms with Gasteiger partial charge in [-0.15, -0.1) is 0 Å². The quantitative estimate of drug-likeness (QED) is 0.934. The van der Waals surface area contributed by atoms with Crippen molar-refractivity contribution in [2.45, 2.75) is 19.9 Å². The number of carbonyl (C=O) groups excluding carboxylic acids is 1. The van der Waals surface area contributed by atoms with Crippen LogP contribution in [0.4, 0.5) is 11.5 Å². The van der Waals surface area contributed by atoms with Gasteiger partial charge >= 0.3 is 0 Å². The molecule has 2 aromatic rings. The average molecular weight is 325 g/mol. The van der Waals surface area contributed by atoms with Gasteiger partial charge in [0.15, 0.2) is 0 Å². The van der Waals surface area contributed by atoms with Crippen molar-refractivity contribution in [3.63, 3.8) is 0 Å². The van der Waals surface area contributed by atoms with E-state index in [0.29, 0.717) is 24.6 Å². The van der Waals surface area contributed by atoms with E-state index in [0.717, 1.165) is 13.1 Å². The summed E-state index contributed by atoms with van der Waals surface area (Å²) in [5.74, 6) is 0.641. The zero-order valence-corrected chi connectivity index (χ0v) is 14.1. The van der Waals surface area contributed by atoms with Gasteiger partial charge in [-0.05, 0) is 26.0 Å². The van der Waals surface area contributed by atoms with Crippen LogP contribution in [0.3, 0.4) is 0 Å². The van der Waals surface area contributed by atoms with Gasteiger partial charge < -0.3 is 15.1 Å². The van der Waals surface area contributed by atoms with E-state index in [1.165, 1.54) is 5.69 Å². The SMILES string of the molecule is CC(C)Nc1cnc(C(=O)N2CCN(c3ccccc3)CC2)cn1. The zero-order valence-electron chi connectivity index (χ0n) is 14.1. The highest BCUT2D eigenvalue weighted by molar-refractivity contribution is 5.92. The lowest BCUT2D eigenvalue weighted by molar-refractivity contribution is 0.0740. The normalized spacial score (nSPS) is 14.8. The first-order valence-corrected chi connectivity index (χ1v) is 8.31. The number of rotatable bonds is 4. The smallest absolute Gasteiger partial charge is 0.274 e. The van der Waals surface area contributed by atoms with E-state index >= 15 is 0 Å². The molecule has 1 saturated heterocycles. The standard InChI is InChI=1S/C18H23N5O/c1-14(2)21-17-13-19-16(12-20-17)18(24)23-10-8-22(9-11-23)15-6-4-3-5-7-15/h3-7,12-14H,8-11H2,1-2H3,(H,20,21). The third kappa shape index (κ3) is 3.82. The lowest BCUT2D eigenvalue weighted by Crippen LogP contribution is -2.49. The minimum Gasteiger partial charge on any atom is -0.368 e. The molecule has 0 aliphatic carbocycles. The van der Waals surface area contributed by atoms with Crippen LogP contribution in [0.5, 0.6) is 0 Å². The van der Waals surface area contributed by atoms with E-state index in [2.05, 4.69) is 32.3 Å². The van der Waals surface area contributed by atoms with Crippen LogP contribution in [0.15, 0.2) is 42.7 Å². The Morgan fingerprint density at radius 1 is 1.04 bits per heavy atom. The van der Waals surface area contributed by atoms with Crippen LogP contribution < -0.4 is 10.2 Å². The summed E-state index contributed by atoms with van der Waals surface area (Å²) in [7, 11) is 0. The Hall–Kier alpha value is -2.63. The number of nitrogens with one attached hydrogen (secondary N) is 1. The van der Waals surface area contributed by atoms with Gasteiger partial charge in [-0.3, -0.25) is 4.79 Å². The van der Waals surface area contributed by atoms with Crippen molar-refractivity contribution in [1.82, 2.24) is 14.9 Å². The number of nitrogens with zero attached hydrogens (tertiary/aromatic N) is 4. The number of carbonyl (C=O) groups is 1. The predicted octanol–water partition coefficient (Wildman–Crippen LogP) is 2.26. The molecule has 1 aliphatic rings. The number of aromatic nitrogens is 2. The van der Waals surface area contributed by atoms with Gasteiger partial charge in [0.1, 0.15) is 11.5 Å². The Kier molecular flexibility index (Phi) is 4.93. The highest BCUT2D eigenvalue weighted by Crippen LogP contribution is 2.16. The molecule has 1 aliphatic heterocycles. The maximum atomic E-state index is 12.6. The Morgan fingerprint density at radius 2 is 1.75 bits per heavy atom. The molecule has 0 spiro atoms. The lowest BCUT2D eigenvalue weighted by Gasteiger charge is -2.35. The zero-order chi connectivity index (χ0) is 16.9. The van der Waals surface area contributed by atoms with Crippen molar-refractivity contribution in [2.75, 3.05) is 36.4 Å². The summed E-state index contributed by atoms with van der Waals surface area (Å²) in [6.07, 6.45) is 3.17. The van der Waals surface area contributed by atoms with Gasteiger partial charge in [-0.1, -0.05) is 18.2 Å². The van der Waals surface area contributed by atoms with Gasteiger partial charge in [0, 0.05) is 37.9 Å². The van der Waals surface area contributed by atoms with Crippen molar-refractivity contribution in [3.05, 3.63) is 48.4 Å². The highest BCUT2D eigenvalue weighted by atomic mass is 16.2. The van der Waals surface area contributed by atoms with Gasteiger partial charge in [0.05, 0.1) is 12.4 Å². The number of piperazine rings is 1. The van der Waals surface area contributed by atoms with E-state index < -0.39 is 0 Å². The van der Waals surface area contributed by atoms with Crippen LogP contribution in [0.25, 0.3) is 0 Å². The second-order valence-corrected chi connectivity index (χ2v) is 6.20. The summed E-state index contributed by atoms with van der Waals surface area (Å²) in [6, 6.07) is 10.6. The topological polar surface area (TPSA) is 61.4 Å². The third-order valence-electron chi connectivity index (χ3n) is 4.00. The predicted molar refractivity (Wildman–Crippen MR) is 95.3 cm³/mol. The molecule has 1 aromatic heterocycles. The van der Waals surface area contributed by atoms with Crippen molar-refractivity contribution in [2.24, 2.45) is 0 Å². The van der Waals surface area contributed by atoms with Crippen LogP contribution in [0.1, 0.15) is 24.3 Å². The van der Waals surface area contributed by atoms with Gasteiger partial charge in [0.25, 0.3) is 5.91 Å². The van der Waals surface area contributed by atoms with E-state index in [4.69, 9.17) is 0 Å². The number of anilines is 2. The molecular formula is C18H23N5O. The second-order valence-electron chi connectivity index (χ2n) is 6.20. The first-order valence-electron chi connectivity index (χ1n) is 8.31. The van der Waals surface area contributed by atoms with Crippen molar-refractivity contribution in [3.8, 4) is 0 Å². The highest BCUT2D eigenvalue weighted by Gasteiger charge is 2.23. The first-order chi connectivity index (χ1) is 11.6. The van der Waals surface area contributed by atoms with E-state index in [1.54, 1.807) is 12.4 Å². The monoisotopic (exact) mass is 325 g/mol. The van der Waals surface area contributed by atoms with E-state index in [-0.39, 0.29) is 11.9 Å². The minimum absolute atomic E-state index is 0.0497. The molecule has 0 bridgehead atoms. The molecule has 1 N–H and O–H groups in total. The summed E-state index contributed by atoms with van der Waals surface area (Å²) in [5, 5.41) is 3.17. The molecule has 1 aromatic carbocycles. The Morgan fingerprint density at radius 3 is 2.33 bits per heavy atom. The number of hydrogen-bond donors (Lipinski definition) is 1. The van der Waals surface area contributed by atoms with E-state index in [1.807, 2.05) is 36.9 Å². The van der Waals surface area contributed by atoms with Gasteiger partial charge in [-0.2, -0.15) is 0 Å². The summed E-state index contributed by atoms with van der Waals surface area (Å²) in [4.78, 5) is 25.2. The third-order valence-corrected chi connectivity index (χ3v) is 4.00. The fraction of sp³-hybridized carbons (Fsp3) is 0.389. The Balaban J connectivity index is 1.59. The lowest BCUT2D eigenvalue weighted by atomic mass is 10.2. The van der Waals surface area contributed by atoms with Crippen LogP contribution in [0, 0.1) is 0 Å². The molecule has 0 saturated carbocycles. The van der Waals surface area contributed by atoms with Crippen LogP contribution in [0.2, 0.25) is 0 Å². The van der Waals surface area contributed by atoms with Crippen LogP contribution in [-0.2, 0) is 0 Å². The molecule has 0 unspecified atom stereocenters. The fourth-order valence-corrected chi connectivity index (χ4v) is 2.78. The molecule has 1 amide bonds. The van der Waals surface area contributed by atoms with E-state index in [9.17, 15) is 4.79 Å². The molecule has 6 heteroatoms. The summed E-state index contributed by atoms with van der Waals surface area (Å²) < 4.78 is 0. The van der Waals surface area contributed by atoms with Gasteiger partial charge in [-0.25, -0.2) is 9.97 Å². The molecule has 0 atom stereocenters. The van der Waals surface area contributed by atoms with Crippen molar-refractivity contribution < 1.29 is 4.79 Å². The maximum absolute atomic E-state index is 12.6. The molecule has 6 nitrogen and oxygen atoms in total. The van der Waals surface area contributed by atoms with Gasteiger partial charge in [0.2, 0.25) is 0 Å². The summed E-state index contributed by atoms with van der Waals surface area (Å²) in [5.41, 5.74) is 1.60. The maximum Gasteiger partial charge on any atom is 0.274 e.